The third kappa shape index (κ3) is 2.80. The average molecular weight is 146 g/mol. The van der Waals surface area contributed by atoms with Crippen LogP contribution in [0.5, 0.6) is 0 Å². The molecule has 0 aromatic rings. The molecule has 0 aliphatic carbocycles. The third-order valence-corrected chi connectivity index (χ3v) is 0.841. The largest absolute Gasteiger partial charge is 0.290 e. The van der Waals surface area contributed by atoms with Crippen molar-refractivity contribution in [1.82, 2.24) is 0 Å². The van der Waals surface area contributed by atoms with Gasteiger partial charge in [-0.1, -0.05) is 12.8 Å². The molecule has 0 bridgehead atoms. The van der Waals surface area contributed by atoms with Gasteiger partial charge in [0.1, 0.15) is 0 Å². The molecule has 0 fully saturated rings. The molecule has 0 spiro atoms. The topological polar surface area (TPSA) is 58.9 Å². The highest BCUT2D eigenvalue weighted by Crippen LogP contribution is 2.06. The van der Waals surface area contributed by atoms with Crippen LogP contribution in [0, 0.1) is 11.8 Å². The SMILES string of the molecule is CCC#CC(C)(OO)OO. The standard InChI is InChI=1S/C6H10O4/c1-3-4-5-6(2,9-7)10-8/h7-8H,3H2,1-2H3. The highest BCUT2D eigenvalue weighted by Gasteiger charge is 2.23. The van der Waals surface area contributed by atoms with Crippen LogP contribution in [0.1, 0.15) is 20.3 Å². The van der Waals surface area contributed by atoms with E-state index in [1.807, 2.05) is 6.92 Å². The second kappa shape index (κ2) is 4.25. The monoisotopic (exact) mass is 146 g/mol. The molecule has 4 heteroatoms. The Bertz CT molecular complexity index is 140. The van der Waals surface area contributed by atoms with E-state index in [-0.39, 0.29) is 0 Å². The summed E-state index contributed by atoms with van der Waals surface area (Å²) in [5.74, 6) is 3.31. The first-order chi connectivity index (χ1) is 4.68. The van der Waals surface area contributed by atoms with Gasteiger partial charge in [0.25, 0.3) is 5.79 Å². The molecule has 0 aromatic heterocycles. The molecule has 0 saturated heterocycles. The summed E-state index contributed by atoms with van der Waals surface area (Å²) in [6, 6.07) is 0. The normalized spacial score (nSPS) is 10.4. The lowest BCUT2D eigenvalue weighted by molar-refractivity contribution is -0.458. The molecule has 4 nitrogen and oxygen atoms in total. The summed E-state index contributed by atoms with van der Waals surface area (Å²) in [7, 11) is 0. The van der Waals surface area contributed by atoms with Crippen LogP contribution in [0.2, 0.25) is 0 Å². The van der Waals surface area contributed by atoms with E-state index in [0.29, 0.717) is 6.42 Å². The molecular formula is C6H10O4. The maximum atomic E-state index is 8.12. The molecule has 0 unspecified atom stereocenters. The molecule has 0 aliphatic heterocycles. The predicted molar refractivity (Wildman–Crippen MR) is 33.9 cm³/mol. The summed E-state index contributed by atoms with van der Waals surface area (Å²) >= 11 is 0. The summed E-state index contributed by atoms with van der Waals surface area (Å²) in [6.07, 6.45) is 0.600. The lowest BCUT2D eigenvalue weighted by Crippen LogP contribution is -2.27. The predicted octanol–water partition coefficient (Wildman–Crippen LogP) is 1.10. The van der Waals surface area contributed by atoms with Gasteiger partial charge in [-0.15, -0.1) is 0 Å². The van der Waals surface area contributed by atoms with Crippen LogP contribution in [0.3, 0.4) is 0 Å². The van der Waals surface area contributed by atoms with Crippen LogP contribution in [0.25, 0.3) is 0 Å². The van der Waals surface area contributed by atoms with Gasteiger partial charge in [0.15, 0.2) is 0 Å². The molecule has 0 radical (unpaired) electrons. The third-order valence-electron chi connectivity index (χ3n) is 0.841. The van der Waals surface area contributed by atoms with Crippen LogP contribution in [-0.2, 0) is 9.78 Å². The summed E-state index contributed by atoms with van der Waals surface area (Å²) in [4.78, 5) is 7.49. The minimum atomic E-state index is -1.62. The molecule has 0 saturated carbocycles. The molecule has 0 atom stereocenters. The molecule has 0 heterocycles. The Morgan fingerprint density at radius 2 is 1.90 bits per heavy atom. The zero-order chi connectivity index (χ0) is 8.04. The first-order valence-corrected chi connectivity index (χ1v) is 2.83. The molecule has 0 amide bonds. The van der Waals surface area contributed by atoms with Crippen molar-refractivity contribution in [2.24, 2.45) is 0 Å². The number of hydrogen-bond donors (Lipinski definition) is 2. The maximum Gasteiger partial charge on any atom is 0.290 e. The molecular weight excluding hydrogens is 136 g/mol. The van der Waals surface area contributed by atoms with Gasteiger partial charge in [-0.05, 0) is 5.92 Å². The van der Waals surface area contributed by atoms with Gasteiger partial charge in [-0.25, -0.2) is 10.5 Å². The second-order valence-corrected chi connectivity index (χ2v) is 1.78. The second-order valence-electron chi connectivity index (χ2n) is 1.78. The molecule has 0 rings (SSSR count). The fourth-order valence-corrected chi connectivity index (χ4v) is 0.311. The Balaban J connectivity index is 4.05. The van der Waals surface area contributed by atoms with E-state index in [1.54, 1.807) is 0 Å². The van der Waals surface area contributed by atoms with Crippen LogP contribution in [0.15, 0.2) is 0 Å². The van der Waals surface area contributed by atoms with Crippen molar-refractivity contribution in [2.75, 3.05) is 0 Å². The van der Waals surface area contributed by atoms with Crippen molar-refractivity contribution >= 4 is 0 Å². The Morgan fingerprint density at radius 3 is 2.20 bits per heavy atom. The van der Waals surface area contributed by atoms with Gasteiger partial charge in [0.05, 0.1) is 0 Å². The van der Waals surface area contributed by atoms with Crippen LogP contribution in [0.4, 0.5) is 0 Å². The highest BCUT2D eigenvalue weighted by atomic mass is 17.2. The number of hydrogen-bond acceptors (Lipinski definition) is 4. The summed E-state index contributed by atoms with van der Waals surface area (Å²) in [6.45, 7) is 3.11. The first kappa shape index (κ1) is 9.40. The number of rotatable bonds is 2. The average Bonchev–Trinajstić information content (AvgIpc) is 2.00. The van der Waals surface area contributed by atoms with Gasteiger partial charge in [-0.2, -0.15) is 9.78 Å². The van der Waals surface area contributed by atoms with Crippen molar-refractivity contribution < 1.29 is 20.3 Å². The lowest BCUT2D eigenvalue weighted by Gasteiger charge is -2.13. The minimum Gasteiger partial charge on any atom is -0.248 e. The van der Waals surface area contributed by atoms with Gasteiger partial charge < -0.3 is 0 Å². The zero-order valence-corrected chi connectivity index (χ0v) is 5.92. The van der Waals surface area contributed by atoms with E-state index in [9.17, 15) is 0 Å². The summed E-state index contributed by atoms with van der Waals surface area (Å²) in [5, 5.41) is 16.2. The Labute approximate surface area is 59.2 Å². The lowest BCUT2D eigenvalue weighted by atomic mass is 10.3. The summed E-state index contributed by atoms with van der Waals surface area (Å²) in [5.41, 5.74) is 0. The van der Waals surface area contributed by atoms with E-state index in [4.69, 9.17) is 10.5 Å². The Kier molecular flexibility index (Phi) is 4.00. The maximum absolute atomic E-state index is 8.12. The quantitative estimate of drug-likeness (QED) is 0.265. The Morgan fingerprint density at radius 1 is 1.40 bits per heavy atom. The molecule has 58 valence electrons. The molecule has 0 aliphatic rings. The molecule has 0 aromatic carbocycles. The van der Waals surface area contributed by atoms with Crippen molar-refractivity contribution in [3.8, 4) is 11.8 Å². The van der Waals surface area contributed by atoms with Crippen molar-refractivity contribution in [2.45, 2.75) is 26.1 Å². The van der Waals surface area contributed by atoms with Gasteiger partial charge in [0.2, 0.25) is 0 Å². The van der Waals surface area contributed by atoms with E-state index in [2.05, 4.69) is 21.6 Å². The molecule has 2 N–H and O–H groups in total. The highest BCUT2D eigenvalue weighted by molar-refractivity contribution is 5.07. The zero-order valence-electron chi connectivity index (χ0n) is 5.92. The van der Waals surface area contributed by atoms with E-state index >= 15 is 0 Å². The smallest absolute Gasteiger partial charge is 0.248 e. The van der Waals surface area contributed by atoms with Crippen molar-refractivity contribution in [3.63, 3.8) is 0 Å². The fraction of sp³-hybridized carbons (Fsp3) is 0.667. The van der Waals surface area contributed by atoms with Crippen LogP contribution in [-0.4, -0.2) is 16.3 Å². The minimum absolute atomic E-state index is 0.600. The molecule has 10 heavy (non-hydrogen) atoms. The Hall–Kier alpha value is -0.600. The summed E-state index contributed by atoms with van der Waals surface area (Å²) < 4.78 is 0. The van der Waals surface area contributed by atoms with Crippen molar-refractivity contribution in [1.29, 1.82) is 0 Å². The van der Waals surface area contributed by atoms with Gasteiger partial charge in [-0.3, -0.25) is 0 Å². The fourth-order valence-electron chi connectivity index (χ4n) is 0.311. The van der Waals surface area contributed by atoms with Crippen molar-refractivity contribution in [3.05, 3.63) is 0 Å². The first-order valence-electron chi connectivity index (χ1n) is 2.83. The van der Waals surface area contributed by atoms with Gasteiger partial charge >= 0.3 is 0 Å². The van der Waals surface area contributed by atoms with Crippen LogP contribution < -0.4 is 0 Å². The van der Waals surface area contributed by atoms with Gasteiger partial charge in [0, 0.05) is 13.3 Å². The van der Waals surface area contributed by atoms with E-state index in [1.165, 1.54) is 6.92 Å². The van der Waals surface area contributed by atoms with Crippen LogP contribution >= 0.6 is 0 Å². The van der Waals surface area contributed by atoms with E-state index in [0.717, 1.165) is 0 Å². The van der Waals surface area contributed by atoms with E-state index < -0.39 is 5.79 Å².